The molecule has 19 heavy (non-hydrogen) atoms. The van der Waals surface area contributed by atoms with E-state index in [1.807, 2.05) is 6.07 Å². The molecule has 104 valence electrons. The number of hydrogen-bond acceptors (Lipinski definition) is 2. The van der Waals surface area contributed by atoms with Crippen molar-refractivity contribution in [3.05, 3.63) is 29.8 Å². The second-order valence-corrected chi connectivity index (χ2v) is 5.43. The van der Waals surface area contributed by atoms with Gasteiger partial charge in [-0.1, -0.05) is 44.9 Å². The number of nitrogens with zero attached hydrogens (tertiary/aromatic N) is 1. The number of nitrogens with one attached hydrogen (secondary N) is 2. The van der Waals surface area contributed by atoms with Gasteiger partial charge in [0.05, 0.1) is 6.04 Å². The molecule has 0 saturated heterocycles. The van der Waals surface area contributed by atoms with Gasteiger partial charge >= 0.3 is 0 Å². The summed E-state index contributed by atoms with van der Waals surface area (Å²) in [6, 6.07) is 8.69. The molecule has 4 nitrogen and oxygen atoms in total. The minimum atomic E-state index is 0.407. The zero-order valence-electron chi connectivity index (χ0n) is 11.8. The van der Waals surface area contributed by atoms with Crippen LogP contribution in [0.25, 0.3) is 0 Å². The molecular formula is C15H24N4. The molecule has 1 fully saturated rings. The standard InChI is InChI=1S/C15H24N4/c1-11(2)13-9-5-6-10-14(13)18-15(19-16)17-12-7-3-4-8-12/h5-6,9-12H,3-4,7-8,16H2,1-2H3,(H2,17,18,19). The van der Waals surface area contributed by atoms with Crippen molar-refractivity contribution in [2.45, 2.75) is 51.5 Å². The Kier molecular flexibility index (Phi) is 4.80. The van der Waals surface area contributed by atoms with Crippen molar-refractivity contribution in [1.82, 2.24) is 5.43 Å². The molecule has 0 aliphatic heterocycles. The third-order valence-corrected chi connectivity index (χ3v) is 3.61. The lowest BCUT2D eigenvalue weighted by Crippen LogP contribution is -2.37. The topological polar surface area (TPSA) is 62.4 Å². The summed E-state index contributed by atoms with van der Waals surface area (Å²) in [5.74, 6) is 6.72. The van der Waals surface area contributed by atoms with Crippen molar-refractivity contribution in [3.63, 3.8) is 0 Å². The van der Waals surface area contributed by atoms with Gasteiger partial charge in [-0.3, -0.25) is 5.43 Å². The lowest BCUT2D eigenvalue weighted by molar-refractivity contribution is 0.700. The summed E-state index contributed by atoms with van der Waals surface area (Å²) in [5, 5.41) is 3.32. The van der Waals surface area contributed by atoms with Crippen molar-refractivity contribution in [2.75, 3.05) is 5.32 Å². The molecule has 1 aliphatic carbocycles. The Bertz CT molecular complexity index is 434. The molecule has 0 spiro atoms. The second-order valence-electron chi connectivity index (χ2n) is 5.43. The maximum Gasteiger partial charge on any atom is 0.210 e. The molecule has 4 heteroatoms. The highest BCUT2D eigenvalue weighted by Gasteiger charge is 2.15. The minimum absolute atomic E-state index is 0.407. The molecule has 2 rings (SSSR count). The van der Waals surface area contributed by atoms with Crippen molar-refractivity contribution in [2.24, 2.45) is 10.8 Å². The van der Waals surface area contributed by atoms with Crippen LogP contribution in [0.3, 0.4) is 0 Å². The molecule has 4 N–H and O–H groups in total. The fourth-order valence-corrected chi connectivity index (χ4v) is 2.56. The van der Waals surface area contributed by atoms with Crippen LogP contribution in [0.1, 0.15) is 51.0 Å². The van der Waals surface area contributed by atoms with Crippen LogP contribution < -0.4 is 16.6 Å². The molecule has 0 heterocycles. The number of nitrogens with two attached hydrogens (primary N) is 1. The first-order chi connectivity index (χ1) is 9.20. The van der Waals surface area contributed by atoms with Crippen LogP contribution in [-0.4, -0.2) is 12.0 Å². The molecule has 0 unspecified atom stereocenters. The second kappa shape index (κ2) is 6.57. The number of anilines is 1. The minimum Gasteiger partial charge on any atom is -0.325 e. The normalized spacial score (nSPS) is 16.9. The van der Waals surface area contributed by atoms with E-state index in [1.165, 1.54) is 31.2 Å². The Morgan fingerprint density at radius 2 is 1.95 bits per heavy atom. The summed E-state index contributed by atoms with van der Waals surface area (Å²) < 4.78 is 0. The predicted octanol–water partition coefficient (Wildman–Crippen LogP) is 2.98. The zero-order valence-corrected chi connectivity index (χ0v) is 11.8. The van der Waals surface area contributed by atoms with Crippen LogP contribution in [0.4, 0.5) is 5.69 Å². The summed E-state index contributed by atoms with van der Waals surface area (Å²) in [5.41, 5.74) is 5.03. The van der Waals surface area contributed by atoms with Gasteiger partial charge in [-0.25, -0.2) is 10.8 Å². The van der Waals surface area contributed by atoms with E-state index < -0.39 is 0 Å². The van der Waals surface area contributed by atoms with Gasteiger partial charge in [-0.2, -0.15) is 0 Å². The fourth-order valence-electron chi connectivity index (χ4n) is 2.56. The van der Waals surface area contributed by atoms with Gasteiger partial charge in [-0.15, -0.1) is 0 Å². The third kappa shape index (κ3) is 3.70. The zero-order chi connectivity index (χ0) is 13.7. The summed E-state index contributed by atoms with van der Waals surface area (Å²) in [4.78, 5) is 4.66. The number of aliphatic imine (C=N–C) groups is 1. The van der Waals surface area contributed by atoms with Crippen molar-refractivity contribution < 1.29 is 0 Å². The van der Waals surface area contributed by atoms with Gasteiger partial charge in [-0.05, 0) is 30.4 Å². The Morgan fingerprint density at radius 3 is 2.58 bits per heavy atom. The molecule has 1 aliphatic rings. The average Bonchev–Trinajstić information content (AvgIpc) is 2.91. The average molecular weight is 260 g/mol. The van der Waals surface area contributed by atoms with Gasteiger partial charge in [0.2, 0.25) is 5.96 Å². The Balaban J connectivity index is 2.13. The van der Waals surface area contributed by atoms with Gasteiger partial charge in [0, 0.05) is 5.69 Å². The van der Waals surface area contributed by atoms with Gasteiger partial charge < -0.3 is 5.32 Å². The number of rotatable bonds is 3. The van der Waals surface area contributed by atoms with E-state index in [1.54, 1.807) is 0 Å². The van der Waals surface area contributed by atoms with E-state index >= 15 is 0 Å². The molecule has 1 saturated carbocycles. The Labute approximate surface area is 115 Å². The number of hydrazine groups is 1. The van der Waals surface area contributed by atoms with E-state index in [4.69, 9.17) is 5.84 Å². The van der Waals surface area contributed by atoms with Crippen molar-refractivity contribution >= 4 is 11.6 Å². The number of hydrogen-bond donors (Lipinski definition) is 3. The Hall–Kier alpha value is -1.55. The maximum atomic E-state index is 5.58. The molecule has 0 radical (unpaired) electrons. The lowest BCUT2D eigenvalue weighted by Gasteiger charge is -2.16. The van der Waals surface area contributed by atoms with Crippen molar-refractivity contribution in [3.8, 4) is 0 Å². The molecular weight excluding hydrogens is 236 g/mol. The molecule has 0 atom stereocenters. The third-order valence-electron chi connectivity index (χ3n) is 3.61. The predicted molar refractivity (Wildman–Crippen MR) is 81.2 cm³/mol. The van der Waals surface area contributed by atoms with Crippen LogP contribution in [0.2, 0.25) is 0 Å². The fraction of sp³-hybridized carbons (Fsp3) is 0.533. The van der Waals surface area contributed by atoms with E-state index in [2.05, 4.69) is 47.8 Å². The highest BCUT2D eigenvalue weighted by molar-refractivity contribution is 5.94. The van der Waals surface area contributed by atoms with Crippen LogP contribution in [0.5, 0.6) is 0 Å². The van der Waals surface area contributed by atoms with Crippen LogP contribution >= 0.6 is 0 Å². The molecule has 0 bridgehead atoms. The molecule has 0 amide bonds. The summed E-state index contributed by atoms with van der Waals surface area (Å²) in [6.07, 6.45) is 4.88. The van der Waals surface area contributed by atoms with E-state index in [0.29, 0.717) is 17.9 Å². The first-order valence-electron chi connectivity index (χ1n) is 7.11. The quantitative estimate of drug-likeness (QED) is 0.339. The SMILES string of the molecule is CC(C)c1ccccc1NC(=NC1CCCC1)NN. The lowest BCUT2D eigenvalue weighted by atomic mass is 10.0. The van der Waals surface area contributed by atoms with Gasteiger partial charge in [0.1, 0.15) is 0 Å². The first-order valence-corrected chi connectivity index (χ1v) is 7.11. The first kappa shape index (κ1) is 13.9. The molecule has 1 aromatic carbocycles. The largest absolute Gasteiger partial charge is 0.325 e. The van der Waals surface area contributed by atoms with Gasteiger partial charge in [0.15, 0.2) is 0 Å². The van der Waals surface area contributed by atoms with E-state index in [-0.39, 0.29) is 0 Å². The number of para-hydroxylation sites is 1. The Morgan fingerprint density at radius 1 is 1.26 bits per heavy atom. The molecule has 1 aromatic rings. The van der Waals surface area contributed by atoms with E-state index in [0.717, 1.165) is 5.69 Å². The number of guanidine groups is 1. The summed E-state index contributed by atoms with van der Waals surface area (Å²) in [7, 11) is 0. The number of benzene rings is 1. The smallest absolute Gasteiger partial charge is 0.210 e. The van der Waals surface area contributed by atoms with Crippen LogP contribution in [-0.2, 0) is 0 Å². The van der Waals surface area contributed by atoms with E-state index in [9.17, 15) is 0 Å². The van der Waals surface area contributed by atoms with Gasteiger partial charge in [0.25, 0.3) is 0 Å². The summed E-state index contributed by atoms with van der Waals surface area (Å²) >= 11 is 0. The summed E-state index contributed by atoms with van der Waals surface area (Å²) in [6.45, 7) is 4.37. The monoisotopic (exact) mass is 260 g/mol. The highest BCUT2D eigenvalue weighted by atomic mass is 15.3. The highest BCUT2D eigenvalue weighted by Crippen LogP contribution is 2.24. The van der Waals surface area contributed by atoms with Crippen LogP contribution in [0.15, 0.2) is 29.3 Å². The van der Waals surface area contributed by atoms with Crippen LogP contribution in [0, 0.1) is 0 Å². The van der Waals surface area contributed by atoms with Crippen molar-refractivity contribution in [1.29, 1.82) is 0 Å². The molecule has 0 aromatic heterocycles. The maximum absolute atomic E-state index is 5.58.